The van der Waals surface area contributed by atoms with Crippen LogP contribution in [0, 0.1) is 12.7 Å². The van der Waals surface area contributed by atoms with Crippen molar-refractivity contribution in [2.45, 2.75) is 26.8 Å². The first kappa shape index (κ1) is 22.9. The van der Waals surface area contributed by atoms with Crippen LogP contribution in [0.2, 0.25) is 0 Å². The predicted molar refractivity (Wildman–Crippen MR) is 113 cm³/mol. The summed E-state index contributed by atoms with van der Waals surface area (Å²) in [5, 5.41) is 6.37. The van der Waals surface area contributed by atoms with Gasteiger partial charge in [0.2, 0.25) is 0 Å². The lowest BCUT2D eigenvalue weighted by molar-refractivity contribution is 0.0599. The number of hydrogen-bond donors (Lipinski definition) is 2. The SMILES string of the molecule is CCNC(=NCc1cc(C(=O)OC)c(C)o1)NCCc1ccc(F)cc1.I. The summed E-state index contributed by atoms with van der Waals surface area (Å²) in [5.41, 5.74) is 1.45. The standard InChI is InChI=1S/C19H24FN3O3.HI/c1-4-21-19(22-10-9-14-5-7-15(20)8-6-14)23-12-16-11-17(13(2)26-16)18(24)25-3;/h5-8,11H,4,9-10,12H2,1-3H3,(H2,21,22,23);1H. The highest BCUT2D eigenvalue weighted by Gasteiger charge is 2.15. The van der Waals surface area contributed by atoms with Crippen molar-refractivity contribution in [2.24, 2.45) is 4.99 Å². The van der Waals surface area contributed by atoms with E-state index in [0.717, 1.165) is 12.0 Å². The van der Waals surface area contributed by atoms with Gasteiger partial charge in [0.15, 0.2) is 5.96 Å². The second-order valence-electron chi connectivity index (χ2n) is 5.67. The first-order valence-corrected chi connectivity index (χ1v) is 8.47. The summed E-state index contributed by atoms with van der Waals surface area (Å²) in [6.07, 6.45) is 0.747. The fraction of sp³-hybridized carbons (Fsp3) is 0.368. The third-order valence-electron chi connectivity index (χ3n) is 3.73. The lowest BCUT2D eigenvalue weighted by Gasteiger charge is -2.11. The van der Waals surface area contributed by atoms with Crippen molar-refractivity contribution in [3.8, 4) is 0 Å². The number of ether oxygens (including phenoxy) is 1. The fourth-order valence-corrected chi connectivity index (χ4v) is 2.41. The Kier molecular flexibility index (Phi) is 9.84. The Labute approximate surface area is 175 Å². The number of benzene rings is 1. The van der Waals surface area contributed by atoms with Crippen LogP contribution in [0.25, 0.3) is 0 Å². The molecule has 148 valence electrons. The number of methoxy groups -OCH3 is 1. The first-order valence-electron chi connectivity index (χ1n) is 8.47. The minimum absolute atomic E-state index is 0. The number of aryl methyl sites for hydroxylation is 1. The molecule has 0 spiro atoms. The van der Waals surface area contributed by atoms with Crippen LogP contribution in [0.3, 0.4) is 0 Å². The zero-order chi connectivity index (χ0) is 18.9. The molecule has 0 fully saturated rings. The summed E-state index contributed by atoms with van der Waals surface area (Å²) in [5.74, 6) is 1.07. The number of nitrogens with zero attached hydrogens (tertiary/aromatic N) is 1. The van der Waals surface area contributed by atoms with Crippen molar-refractivity contribution >= 4 is 35.9 Å². The van der Waals surface area contributed by atoms with E-state index in [-0.39, 0.29) is 29.8 Å². The number of guanidine groups is 1. The molecular formula is C19H25FIN3O3. The van der Waals surface area contributed by atoms with E-state index in [1.807, 2.05) is 6.92 Å². The van der Waals surface area contributed by atoms with Crippen molar-refractivity contribution in [3.63, 3.8) is 0 Å². The lowest BCUT2D eigenvalue weighted by Crippen LogP contribution is -2.38. The van der Waals surface area contributed by atoms with E-state index in [4.69, 9.17) is 9.15 Å². The Morgan fingerprint density at radius 2 is 1.96 bits per heavy atom. The van der Waals surface area contributed by atoms with Gasteiger partial charge in [-0.3, -0.25) is 0 Å². The van der Waals surface area contributed by atoms with Crippen molar-refractivity contribution in [2.75, 3.05) is 20.2 Å². The average Bonchev–Trinajstić information content (AvgIpc) is 3.01. The van der Waals surface area contributed by atoms with E-state index in [1.54, 1.807) is 25.1 Å². The van der Waals surface area contributed by atoms with Gasteiger partial charge in [-0.25, -0.2) is 14.2 Å². The minimum atomic E-state index is -0.425. The predicted octanol–water partition coefficient (Wildman–Crippen LogP) is 3.43. The molecule has 0 saturated heterocycles. The van der Waals surface area contributed by atoms with Gasteiger partial charge in [-0.2, -0.15) is 0 Å². The smallest absolute Gasteiger partial charge is 0.341 e. The zero-order valence-corrected chi connectivity index (χ0v) is 18.0. The molecule has 0 aliphatic rings. The van der Waals surface area contributed by atoms with E-state index in [1.165, 1.54) is 19.2 Å². The number of nitrogens with one attached hydrogen (secondary N) is 2. The van der Waals surface area contributed by atoms with E-state index < -0.39 is 5.97 Å². The van der Waals surface area contributed by atoms with Crippen LogP contribution in [-0.2, 0) is 17.7 Å². The highest BCUT2D eigenvalue weighted by Crippen LogP contribution is 2.16. The molecule has 0 unspecified atom stereocenters. The molecule has 8 heteroatoms. The Morgan fingerprint density at radius 3 is 2.59 bits per heavy atom. The molecule has 1 aromatic carbocycles. The van der Waals surface area contributed by atoms with Crippen LogP contribution in [-0.4, -0.2) is 32.1 Å². The molecule has 0 radical (unpaired) electrons. The van der Waals surface area contributed by atoms with Crippen molar-refractivity contribution in [1.82, 2.24) is 10.6 Å². The maximum atomic E-state index is 12.9. The molecule has 0 bridgehead atoms. The van der Waals surface area contributed by atoms with E-state index in [0.29, 0.717) is 42.7 Å². The molecule has 2 aromatic rings. The molecule has 0 atom stereocenters. The summed E-state index contributed by atoms with van der Waals surface area (Å²) in [6, 6.07) is 8.08. The molecular weight excluding hydrogens is 464 g/mol. The molecule has 0 amide bonds. The van der Waals surface area contributed by atoms with Gasteiger partial charge < -0.3 is 19.8 Å². The van der Waals surface area contributed by atoms with E-state index >= 15 is 0 Å². The Hall–Kier alpha value is -2.10. The Bertz CT molecular complexity index is 760. The number of rotatable bonds is 7. The first-order chi connectivity index (χ1) is 12.5. The topological polar surface area (TPSA) is 75.9 Å². The molecule has 6 nitrogen and oxygen atoms in total. The summed E-state index contributed by atoms with van der Waals surface area (Å²) in [6.45, 7) is 5.36. The molecule has 2 rings (SSSR count). The number of hydrogen-bond acceptors (Lipinski definition) is 4. The van der Waals surface area contributed by atoms with Crippen LogP contribution in [0.5, 0.6) is 0 Å². The van der Waals surface area contributed by atoms with Crippen LogP contribution < -0.4 is 10.6 Å². The van der Waals surface area contributed by atoms with Gasteiger partial charge >= 0.3 is 5.97 Å². The largest absolute Gasteiger partial charge is 0.465 e. The van der Waals surface area contributed by atoms with Crippen molar-refractivity contribution in [3.05, 3.63) is 58.8 Å². The highest BCUT2D eigenvalue weighted by molar-refractivity contribution is 14.0. The van der Waals surface area contributed by atoms with E-state index in [9.17, 15) is 9.18 Å². The average molecular weight is 489 g/mol. The van der Waals surface area contributed by atoms with Crippen molar-refractivity contribution < 1.29 is 18.3 Å². The van der Waals surface area contributed by atoms with Crippen LogP contribution >= 0.6 is 24.0 Å². The second-order valence-corrected chi connectivity index (χ2v) is 5.67. The number of carbonyl (C=O) groups is 1. The monoisotopic (exact) mass is 489 g/mol. The van der Waals surface area contributed by atoms with Gasteiger partial charge in [-0.15, -0.1) is 24.0 Å². The number of halogens is 2. The van der Waals surface area contributed by atoms with Gasteiger partial charge in [-0.05, 0) is 44.0 Å². The number of furan rings is 1. The number of aliphatic imine (C=N–C) groups is 1. The fourth-order valence-electron chi connectivity index (χ4n) is 2.41. The summed E-state index contributed by atoms with van der Waals surface area (Å²) in [4.78, 5) is 16.1. The van der Waals surface area contributed by atoms with Gasteiger partial charge in [0, 0.05) is 13.1 Å². The molecule has 0 aliphatic carbocycles. The highest BCUT2D eigenvalue weighted by atomic mass is 127. The Balaban J connectivity index is 0.00000364. The molecule has 0 saturated carbocycles. The zero-order valence-electron chi connectivity index (χ0n) is 15.7. The van der Waals surface area contributed by atoms with Gasteiger partial charge in [0.1, 0.15) is 29.4 Å². The maximum absolute atomic E-state index is 12.9. The van der Waals surface area contributed by atoms with Crippen molar-refractivity contribution in [1.29, 1.82) is 0 Å². The third kappa shape index (κ3) is 7.20. The van der Waals surface area contributed by atoms with Crippen LogP contribution in [0.4, 0.5) is 4.39 Å². The van der Waals surface area contributed by atoms with E-state index in [2.05, 4.69) is 15.6 Å². The van der Waals surface area contributed by atoms with Gasteiger partial charge in [0.25, 0.3) is 0 Å². The minimum Gasteiger partial charge on any atom is -0.465 e. The quantitative estimate of drug-likeness (QED) is 0.270. The molecule has 1 heterocycles. The lowest BCUT2D eigenvalue weighted by atomic mass is 10.1. The normalized spacial score (nSPS) is 10.9. The molecule has 1 aromatic heterocycles. The van der Waals surface area contributed by atoms with Crippen LogP contribution in [0.15, 0.2) is 39.7 Å². The summed E-state index contributed by atoms with van der Waals surface area (Å²) < 4.78 is 23.2. The van der Waals surface area contributed by atoms with Gasteiger partial charge in [0.05, 0.1) is 7.11 Å². The summed E-state index contributed by atoms with van der Waals surface area (Å²) >= 11 is 0. The number of carbonyl (C=O) groups excluding carboxylic acids is 1. The third-order valence-corrected chi connectivity index (χ3v) is 3.73. The second kappa shape index (κ2) is 11.6. The van der Waals surface area contributed by atoms with Gasteiger partial charge in [-0.1, -0.05) is 12.1 Å². The number of esters is 1. The Morgan fingerprint density at radius 1 is 1.26 bits per heavy atom. The summed E-state index contributed by atoms with van der Waals surface area (Å²) in [7, 11) is 1.33. The molecule has 27 heavy (non-hydrogen) atoms. The van der Waals surface area contributed by atoms with Crippen LogP contribution in [0.1, 0.15) is 34.4 Å². The maximum Gasteiger partial charge on any atom is 0.341 e. The molecule has 2 N–H and O–H groups in total. The molecule has 0 aliphatic heterocycles.